The lowest BCUT2D eigenvalue weighted by molar-refractivity contribution is -0.116. The van der Waals surface area contributed by atoms with Crippen molar-refractivity contribution in [2.24, 2.45) is 0 Å². The molecule has 2 aliphatic heterocycles. The molecule has 2 amide bonds. The zero-order valence-corrected chi connectivity index (χ0v) is 22.2. The number of piperidine rings is 1. The van der Waals surface area contributed by atoms with E-state index in [1.54, 1.807) is 52.7 Å². The number of likely N-dealkylation sites (tertiary alicyclic amines) is 1. The summed E-state index contributed by atoms with van der Waals surface area (Å²) in [6.45, 7) is 3.33. The van der Waals surface area contributed by atoms with Crippen molar-refractivity contribution >= 4 is 17.5 Å². The van der Waals surface area contributed by atoms with E-state index < -0.39 is 0 Å². The monoisotopic (exact) mass is 511 g/mol. The fraction of sp³-hybridized carbons (Fsp3) is 0.500. The van der Waals surface area contributed by atoms with Gasteiger partial charge in [0.15, 0.2) is 23.0 Å². The number of rotatable bonds is 10. The van der Waals surface area contributed by atoms with Gasteiger partial charge in [-0.2, -0.15) is 0 Å². The van der Waals surface area contributed by atoms with E-state index in [1.807, 2.05) is 11.0 Å². The van der Waals surface area contributed by atoms with Crippen LogP contribution in [0, 0.1) is 0 Å². The number of carbonyl (C=O) groups excluding carboxylic acids is 2. The number of hydrogen-bond donors (Lipinski definition) is 1. The smallest absolute Gasteiger partial charge is 0.254 e. The quantitative estimate of drug-likeness (QED) is 0.521. The largest absolute Gasteiger partial charge is 0.493 e. The summed E-state index contributed by atoms with van der Waals surface area (Å²) in [6.07, 6.45) is 4.00. The predicted molar refractivity (Wildman–Crippen MR) is 141 cm³/mol. The third kappa shape index (κ3) is 6.10. The zero-order valence-electron chi connectivity index (χ0n) is 22.2. The summed E-state index contributed by atoms with van der Waals surface area (Å²) < 4.78 is 21.4. The Morgan fingerprint density at radius 3 is 2.38 bits per heavy atom. The molecular weight excluding hydrogens is 474 g/mol. The van der Waals surface area contributed by atoms with Crippen LogP contribution >= 0.6 is 0 Å². The molecule has 0 bridgehead atoms. The molecule has 37 heavy (non-hydrogen) atoms. The molecule has 0 aromatic heterocycles. The van der Waals surface area contributed by atoms with Gasteiger partial charge in [-0.3, -0.25) is 9.59 Å². The standard InChI is InChI=1S/C28H37N3O6/c1-34-23-10-9-20(16-25(23)36-3)29-27(32)8-6-13-30-12-5-7-21(18-30)31-14-11-19-15-24(35-2)26(37-4)17-22(19)28(31)33/h9-10,15-17,21H,5-8,11-14,18H2,1-4H3,(H,29,32). The molecule has 1 fully saturated rings. The summed E-state index contributed by atoms with van der Waals surface area (Å²) in [5.41, 5.74) is 2.39. The van der Waals surface area contributed by atoms with Crippen LogP contribution in [0.2, 0.25) is 0 Å². The van der Waals surface area contributed by atoms with Crippen molar-refractivity contribution in [2.45, 2.75) is 38.1 Å². The molecule has 0 saturated carbocycles. The van der Waals surface area contributed by atoms with Crippen molar-refractivity contribution in [3.63, 3.8) is 0 Å². The average Bonchev–Trinajstić information content (AvgIpc) is 2.92. The van der Waals surface area contributed by atoms with Crippen LogP contribution in [-0.2, 0) is 11.2 Å². The van der Waals surface area contributed by atoms with Crippen LogP contribution in [0.3, 0.4) is 0 Å². The number of nitrogens with zero attached hydrogens (tertiary/aromatic N) is 2. The lowest BCUT2D eigenvalue weighted by atomic mass is 9.94. The molecular formula is C28H37N3O6. The predicted octanol–water partition coefficient (Wildman–Crippen LogP) is 3.60. The van der Waals surface area contributed by atoms with Crippen LogP contribution < -0.4 is 24.3 Å². The molecule has 0 spiro atoms. The number of fused-ring (bicyclic) bond motifs is 1. The molecule has 2 aromatic rings. The van der Waals surface area contributed by atoms with Gasteiger partial charge in [-0.05, 0) is 68.6 Å². The molecule has 1 saturated heterocycles. The van der Waals surface area contributed by atoms with E-state index in [1.165, 1.54) is 0 Å². The zero-order chi connectivity index (χ0) is 26.4. The number of amides is 2. The maximum atomic E-state index is 13.4. The van der Waals surface area contributed by atoms with Gasteiger partial charge in [0.2, 0.25) is 5.91 Å². The van der Waals surface area contributed by atoms with E-state index in [0.717, 1.165) is 50.9 Å². The molecule has 2 heterocycles. The van der Waals surface area contributed by atoms with Crippen LogP contribution in [0.5, 0.6) is 23.0 Å². The van der Waals surface area contributed by atoms with Crippen molar-refractivity contribution in [3.8, 4) is 23.0 Å². The molecule has 1 unspecified atom stereocenters. The van der Waals surface area contributed by atoms with Gasteiger partial charge in [-0.25, -0.2) is 0 Å². The summed E-state index contributed by atoms with van der Waals surface area (Å²) in [6, 6.07) is 9.22. The lowest BCUT2D eigenvalue weighted by Crippen LogP contribution is -2.52. The second-order valence-corrected chi connectivity index (χ2v) is 9.43. The molecule has 1 N–H and O–H groups in total. The van der Waals surface area contributed by atoms with E-state index in [-0.39, 0.29) is 17.9 Å². The topological polar surface area (TPSA) is 89.6 Å². The first-order chi connectivity index (χ1) is 18.0. The van der Waals surface area contributed by atoms with Gasteiger partial charge in [0.25, 0.3) is 5.91 Å². The summed E-state index contributed by atoms with van der Waals surface area (Å²) in [4.78, 5) is 30.3. The number of anilines is 1. The normalized spacial score (nSPS) is 17.7. The van der Waals surface area contributed by atoms with Crippen LogP contribution in [0.25, 0.3) is 0 Å². The second-order valence-electron chi connectivity index (χ2n) is 9.43. The Balaban J connectivity index is 1.29. The Hall–Kier alpha value is -3.46. The number of hydrogen-bond acceptors (Lipinski definition) is 7. The van der Waals surface area contributed by atoms with E-state index in [0.29, 0.717) is 47.2 Å². The summed E-state index contributed by atoms with van der Waals surface area (Å²) in [5.74, 6) is 2.45. The van der Waals surface area contributed by atoms with Gasteiger partial charge >= 0.3 is 0 Å². The Labute approximate surface area is 218 Å². The first-order valence-electron chi connectivity index (χ1n) is 12.8. The Kier molecular flexibility index (Phi) is 8.76. The first-order valence-corrected chi connectivity index (χ1v) is 12.8. The highest BCUT2D eigenvalue weighted by Crippen LogP contribution is 2.34. The number of ether oxygens (including phenoxy) is 4. The number of methoxy groups -OCH3 is 4. The highest BCUT2D eigenvalue weighted by Gasteiger charge is 2.33. The number of benzene rings is 2. The third-order valence-electron chi connectivity index (χ3n) is 7.19. The van der Waals surface area contributed by atoms with Crippen molar-refractivity contribution < 1.29 is 28.5 Å². The SMILES string of the molecule is COc1ccc(NC(=O)CCCN2CCCC(N3CCc4cc(OC)c(OC)cc4C3=O)C2)cc1OC. The van der Waals surface area contributed by atoms with Crippen molar-refractivity contribution in [3.05, 3.63) is 41.5 Å². The van der Waals surface area contributed by atoms with Crippen molar-refractivity contribution in [2.75, 3.05) is 59.9 Å². The highest BCUT2D eigenvalue weighted by molar-refractivity contribution is 5.97. The average molecular weight is 512 g/mol. The minimum absolute atomic E-state index is 0.0343. The summed E-state index contributed by atoms with van der Waals surface area (Å²) in [5, 5.41) is 2.93. The maximum Gasteiger partial charge on any atom is 0.254 e. The van der Waals surface area contributed by atoms with Crippen molar-refractivity contribution in [1.29, 1.82) is 0 Å². The van der Waals surface area contributed by atoms with Gasteiger partial charge in [0.1, 0.15) is 0 Å². The molecule has 2 aliphatic rings. The Morgan fingerprint density at radius 2 is 1.65 bits per heavy atom. The van der Waals surface area contributed by atoms with E-state index in [4.69, 9.17) is 18.9 Å². The van der Waals surface area contributed by atoms with Crippen LogP contribution in [0.1, 0.15) is 41.6 Å². The second kappa shape index (κ2) is 12.2. The molecule has 200 valence electrons. The van der Waals surface area contributed by atoms with Crippen LogP contribution in [0.15, 0.2) is 30.3 Å². The molecule has 2 aromatic carbocycles. The molecule has 9 nitrogen and oxygen atoms in total. The Morgan fingerprint density at radius 1 is 0.946 bits per heavy atom. The summed E-state index contributed by atoms with van der Waals surface area (Å²) in [7, 11) is 6.34. The highest BCUT2D eigenvalue weighted by atomic mass is 16.5. The van der Waals surface area contributed by atoms with Gasteiger partial charge in [-0.15, -0.1) is 0 Å². The third-order valence-corrected chi connectivity index (χ3v) is 7.19. The molecule has 0 radical (unpaired) electrons. The Bertz CT molecular complexity index is 1120. The number of nitrogens with one attached hydrogen (secondary N) is 1. The van der Waals surface area contributed by atoms with Crippen LogP contribution in [-0.4, -0.2) is 82.3 Å². The van der Waals surface area contributed by atoms with Crippen molar-refractivity contribution in [1.82, 2.24) is 9.80 Å². The van der Waals surface area contributed by atoms with E-state index in [2.05, 4.69) is 10.2 Å². The maximum absolute atomic E-state index is 13.4. The first kappa shape index (κ1) is 26.6. The van der Waals surface area contributed by atoms with Crippen LogP contribution in [0.4, 0.5) is 5.69 Å². The minimum Gasteiger partial charge on any atom is -0.493 e. The van der Waals surface area contributed by atoms with Gasteiger partial charge in [-0.1, -0.05) is 0 Å². The van der Waals surface area contributed by atoms with Gasteiger partial charge in [0, 0.05) is 42.9 Å². The molecule has 4 rings (SSSR count). The van der Waals surface area contributed by atoms with E-state index in [9.17, 15) is 9.59 Å². The summed E-state index contributed by atoms with van der Waals surface area (Å²) >= 11 is 0. The van der Waals surface area contributed by atoms with Gasteiger partial charge < -0.3 is 34.1 Å². The fourth-order valence-corrected chi connectivity index (χ4v) is 5.26. The van der Waals surface area contributed by atoms with E-state index >= 15 is 0 Å². The number of carbonyl (C=O) groups is 2. The fourth-order valence-electron chi connectivity index (χ4n) is 5.26. The molecule has 9 heteroatoms. The molecule has 0 aliphatic carbocycles. The van der Waals surface area contributed by atoms with Gasteiger partial charge in [0.05, 0.1) is 28.4 Å². The lowest BCUT2D eigenvalue weighted by Gasteiger charge is -2.41. The minimum atomic E-state index is -0.0343. The molecule has 1 atom stereocenters.